The van der Waals surface area contributed by atoms with Gasteiger partial charge in [-0.15, -0.1) is 0 Å². The average molecular weight is 813 g/mol. The molecular weight excluding hydrogens is 773 g/mol. The highest BCUT2D eigenvalue weighted by Crippen LogP contribution is 2.37. The van der Waals surface area contributed by atoms with E-state index in [0.29, 0.717) is 13.2 Å². The lowest BCUT2D eigenvalue weighted by Gasteiger charge is -2.12. The maximum Gasteiger partial charge on any atom is 0.206 e. The van der Waals surface area contributed by atoms with E-state index >= 15 is 0 Å². The molecule has 2 aromatic heterocycles. The van der Waals surface area contributed by atoms with Gasteiger partial charge in [-0.25, -0.2) is 8.42 Å². The van der Waals surface area contributed by atoms with Crippen LogP contribution in [0.4, 0.5) is 0 Å². The summed E-state index contributed by atoms with van der Waals surface area (Å²) in [6.07, 6.45) is 3.65. The number of hydrogen-bond donors (Lipinski definition) is 0. The van der Waals surface area contributed by atoms with Gasteiger partial charge in [-0.2, -0.15) is 0 Å². The summed E-state index contributed by atoms with van der Waals surface area (Å²) in [5.74, 6) is 1.55. The van der Waals surface area contributed by atoms with Crippen molar-refractivity contribution in [3.63, 3.8) is 0 Å². The Morgan fingerprint density at radius 2 is 0.803 bits per heavy atom. The van der Waals surface area contributed by atoms with Crippen molar-refractivity contribution in [1.82, 2.24) is 9.13 Å². The van der Waals surface area contributed by atoms with Crippen LogP contribution in [-0.2, 0) is 23.1 Å². The molecular formula is C54H40N2O4S. The average Bonchev–Trinajstić information content (AvgIpc) is 3.83. The minimum Gasteiger partial charge on any atom is -0.489 e. The van der Waals surface area contributed by atoms with Gasteiger partial charge in [0.1, 0.15) is 24.7 Å². The monoisotopic (exact) mass is 812 g/mol. The number of sulfone groups is 1. The van der Waals surface area contributed by atoms with Gasteiger partial charge in [0.05, 0.1) is 31.9 Å². The molecule has 0 spiro atoms. The maximum absolute atomic E-state index is 14.1. The Kier molecular flexibility index (Phi) is 9.58. The van der Waals surface area contributed by atoms with Crippen LogP contribution in [0.2, 0.25) is 0 Å². The molecule has 2 heterocycles. The molecule has 8 aromatic carbocycles. The smallest absolute Gasteiger partial charge is 0.206 e. The molecule has 296 valence electrons. The fourth-order valence-corrected chi connectivity index (χ4v) is 9.42. The second-order valence-electron chi connectivity index (χ2n) is 15.0. The molecule has 0 atom stereocenters. The van der Waals surface area contributed by atoms with Crippen LogP contribution in [0.25, 0.3) is 67.1 Å². The quantitative estimate of drug-likeness (QED) is 0.123. The molecule has 7 heteroatoms. The minimum absolute atomic E-state index is 0.225. The first-order valence-corrected chi connectivity index (χ1v) is 21.6. The Labute approximate surface area is 354 Å². The molecule has 0 aliphatic heterocycles. The van der Waals surface area contributed by atoms with Gasteiger partial charge in [0.25, 0.3) is 0 Å². The highest BCUT2D eigenvalue weighted by atomic mass is 32.2. The Balaban J connectivity index is 0.913. The highest BCUT2D eigenvalue weighted by molar-refractivity contribution is 7.91. The molecule has 0 N–H and O–H groups in total. The van der Waals surface area contributed by atoms with E-state index in [4.69, 9.17) is 9.47 Å². The van der Waals surface area contributed by atoms with E-state index in [1.807, 2.05) is 121 Å². The van der Waals surface area contributed by atoms with Crippen LogP contribution in [0.15, 0.2) is 205 Å². The first-order chi connectivity index (χ1) is 29.9. The number of hydrogen-bond acceptors (Lipinski definition) is 4. The summed E-state index contributed by atoms with van der Waals surface area (Å²) in [5, 5.41) is 4.26. The fourth-order valence-electron chi connectivity index (χ4n) is 8.16. The second-order valence-corrected chi connectivity index (χ2v) is 17.0. The molecule has 0 aliphatic carbocycles. The number of aromatic nitrogens is 2. The molecule has 61 heavy (non-hydrogen) atoms. The minimum atomic E-state index is -3.82. The summed E-state index contributed by atoms with van der Waals surface area (Å²) in [6.45, 7) is 8.56. The van der Waals surface area contributed by atoms with Crippen LogP contribution in [0.1, 0.15) is 22.3 Å². The molecule has 10 rings (SSSR count). The Morgan fingerprint density at radius 3 is 1.20 bits per heavy atom. The van der Waals surface area contributed by atoms with Gasteiger partial charge in [-0.3, -0.25) is 0 Å². The molecule has 10 aromatic rings. The lowest BCUT2D eigenvalue weighted by atomic mass is 10.1. The predicted octanol–water partition coefficient (Wildman–Crippen LogP) is 13.2. The highest BCUT2D eigenvalue weighted by Gasteiger charge is 2.20. The fraction of sp³-hybridized carbons (Fsp3) is 0.0370. The molecule has 0 unspecified atom stereocenters. The topological polar surface area (TPSA) is 62.5 Å². The van der Waals surface area contributed by atoms with Gasteiger partial charge in [0, 0.05) is 32.9 Å². The summed E-state index contributed by atoms with van der Waals surface area (Å²) in [6, 6.07) is 59.3. The van der Waals surface area contributed by atoms with Crippen molar-refractivity contribution in [2.75, 3.05) is 0 Å². The van der Waals surface area contributed by atoms with Crippen LogP contribution < -0.4 is 9.47 Å². The van der Waals surface area contributed by atoms with Crippen molar-refractivity contribution in [2.24, 2.45) is 0 Å². The van der Waals surface area contributed by atoms with Crippen molar-refractivity contribution in [2.45, 2.75) is 23.0 Å². The molecule has 0 bridgehead atoms. The Morgan fingerprint density at radius 1 is 0.426 bits per heavy atom. The zero-order valence-electron chi connectivity index (χ0n) is 33.2. The molecule has 6 nitrogen and oxygen atoms in total. The zero-order chi connectivity index (χ0) is 41.5. The molecule has 0 saturated carbocycles. The molecule has 0 aliphatic rings. The summed E-state index contributed by atoms with van der Waals surface area (Å²) < 4.78 is 45.0. The van der Waals surface area contributed by atoms with Crippen molar-refractivity contribution >= 4 is 65.6 Å². The van der Waals surface area contributed by atoms with Crippen LogP contribution in [0.3, 0.4) is 0 Å². The third-order valence-electron chi connectivity index (χ3n) is 11.3. The van der Waals surface area contributed by atoms with Gasteiger partial charge in [0.15, 0.2) is 0 Å². The van der Waals surface area contributed by atoms with Crippen LogP contribution in [0, 0.1) is 0 Å². The van der Waals surface area contributed by atoms with Crippen molar-refractivity contribution < 1.29 is 17.9 Å². The van der Waals surface area contributed by atoms with E-state index in [2.05, 4.69) is 70.8 Å². The van der Waals surface area contributed by atoms with Gasteiger partial charge >= 0.3 is 0 Å². The summed E-state index contributed by atoms with van der Waals surface area (Å²) in [5.41, 5.74) is 10.0. The SMILES string of the molecule is C=Cc1ccc(COc2ccc3c(c2)c2ccccc2n3-c2ccc(S(=O)(=O)c3ccc(-n4c5ccccc5c5cc(OCc6ccc(C=C)cc6)ccc54)cc3)cc2)cc1. The van der Waals surface area contributed by atoms with Gasteiger partial charge in [0.2, 0.25) is 9.84 Å². The number of nitrogens with zero attached hydrogens (tertiary/aromatic N) is 2. The normalized spacial score (nSPS) is 11.7. The van der Waals surface area contributed by atoms with E-state index in [0.717, 1.165) is 88.7 Å². The molecule has 0 fully saturated rings. The predicted molar refractivity (Wildman–Crippen MR) is 249 cm³/mol. The van der Waals surface area contributed by atoms with Crippen LogP contribution >= 0.6 is 0 Å². The summed E-state index contributed by atoms with van der Waals surface area (Å²) in [4.78, 5) is 0.449. The van der Waals surface area contributed by atoms with Gasteiger partial charge < -0.3 is 18.6 Å². The Bertz CT molecular complexity index is 3160. The maximum atomic E-state index is 14.1. The number of fused-ring (bicyclic) bond motifs is 6. The van der Waals surface area contributed by atoms with Crippen molar-refractivity contribution in [3.8, 4) is 22.9 Å². The lowest BCUT2D eigenvalue weighted by molar-refractivity contribution is 0.306. The third kappa shape index (κ3) is 6.95. The lowest BCUT2D eigenvalue weighted by Crippen LogP contribution is -2.03. The number of ether oxygens (including phenoxy) is 2. The number of benzene rings is 8. The largest absolute Gasteiger partial charge is 0.489 e. The van der Waals surface area contributed by atoms with Gasteiger partial charge in [-0.1, -0.05) is 110 Å². The molecule has 0 amide bonds. The van der Waals surface area contributed by atoms with Gasteiger partial charge in [-0.05, 0) is 119 Å². The second kappa shape index (κ2) is 15.5. The van der Waals surface area contributed by atoms with E-state index in [1.165, 1.54) is 0 Å². The zero-order valence-corrected chi connectivity index (χ0v) is 34.1. The van der Waals surface area contributed by atoms with E-state index in [9.17, 15) is 8.42 Å². The first kappa shape index (κ1) is 37.6. The molecule has 0 radical (unpaired) electrons. The van der Waals surface area contributed by atoms with E-state index < -0.39 is 9.84 Å². The number of rotatable bonds is 12. The van der Waals surface area contributed by atoms with Crippen LogP contribution in [-0.4, -0.2) is 17.6 Å². The van der Waals surface area contributed by atoms with E-state index in [1.54, 1.807) is 24.3 Å². The number of para-hydroxylation sites is 2. The first-order valence-electron chi connectivity index (χ1n) is 20.1. The van der Waals surface area contributed by atoms with Crippen molar-refractivity contribution in [1.29, 1.82) is 0 Å². The summed E-state index contributed by atoms with van der Waals surface area (Å²) in [7, 11) is -3.82. The van der Waals surface area contributed by atoms with Crippen molar-refractivity contribution in [3.05, 3.63) is 217 Å². The molecule has 0 saturated heterocycles. The van der Waals surface area contributed by atoms with E-state index in [-0.39, 0.29) is 9.79 Å². The summed E-state index contributed by atoms with van der Waals surface area (Å²) >= 11 is 0. The van der Waals surface area contributed by atoms with Crippen LogP contribution in [0.5, 0.6) is 11.5 Å². The Hall–Kier alpha value is -7.61. The standard InChI is InChI=1S/C54H40N2O4S/c1-3-37-13-17-39(18-14-37)35-59-43-25-31-53-49(33-43)47-9-5-7-11-51(47)55(53)41-21-27-45(28-22-41)61(57,58)46-29-23-42(24-30-46)56-52-12-8-6-10-48(52)50-34-44(26-32-54(50)56)60-36-40-19-15-38(4-2)16-20-40/h3-34H,1-2,35-36H2. The third-order valence-corrected chi connectivity index (χ3v) is 13.1.